The van der Waals surface area contributed by atoms with Gasteiger partial charge in [0.15, 0.2) is 5.65 Å². The van der Waals surface area contributed by atoms with Crippen molar-refractivity contribution < 1.29 is 9.53 Å². The monoisotopic (exact) mass is 367 g/mol. The third-order valence-electron chi connectivity index (χ3n) is 4.66. The van der Waals surface area contributed by atoms with Crippen molar-refractivity contribution in [1.82, 2.24) is 19.7 Å². The van der Waals surface area contributed by atoms with Crippen LogP contribution in [-0.2, 0) is 11.2 Å². The van der Waals surface area contributed by atoms with Crippen molar-refractivity contribution in [2.75, 3.05) is 12.4 Å². The maximum atomic E-state index is 12.3. The van der Waals surface area contributed by atoms with Gasteiger partial charge >= 0.3 is 0 Å². The molecular weight excluding hydrogens is 342 g/mol. The molecule has 1 N–H and O–H groups in total. The third-order valence-corrected chi connectivity index (χ3v) is 4.66. The van der Waals surface area contributed by atoms with Gasteiger partial charge in [0.25, 0.3) is 0 Å². The zero-order valence-electron chi connectivity index (χ0n) is 16.4. The first kappa shape index (κ1) is 18.8. The molecule has 7 nitrogen and oxygen atoms in total. The molecule has 0 fully saturated rings. The summed E-state index contributed by atoms with van der Waals surface area (Å²) in [5, 5.41) is 8.37. The van der Waals surface area contributed by atoms with Crippen molar-refractivity contribution in [3.05, 3.63) is 41.3 Å². The summed E-state index contributed by atoms with van der Waals surface area (Å²) < 4.78 is 6.95. The highest BCUT2D eigenvalue weighted by atomic mass is 16.5. The maximum Gasteiger partial charge on any atom is 0.224 e. The smallest absolute Gasteiger partial charge is 0.224 e. The van der Waals surface area contributed by atoms with E-state index in [9.17, 15) is 4.79 Å². The number of fused-ring (bicyclic) bond motifs is 1. The molecule has 0 aromatic carbocycles. The fraction of sp³-hybridized carbons (Fsp3) is 0.400. The molecule has 3 rings (SSSR count). The molecular formula is C20H25N5O2. The Bertz CT molecular complexity index is 961. The number of ether oxygens (including phenoxy) is 1. The van der Waals surface area contributed by atoms with Crippen molar-refractivity contribution in [3.63, 3.8) is 0 Å². The average Bonchev–Trinajstić information content (AvgIpc) is 3.06. The van der Waals surface area contributed by atoms with Gasteiger partial charge in [-0.1, -0.05) is 0 Å². The first-order valence-electron chi connectivity index (χ1n) is 9.04. The van der Waals surface area contributed by atoms with E-state index in [1.807, 2.05) is 17.8 Å². The van der Waals surface area contributed by atoms with Crippen LogP contribution >= 0.6 is 0 Å². The minimum atomic E-state index is -0.0567. The van der Waals surface area contributed by atoms with Crippen LogP contribution in [0.15, 0.2) is 24.5 Å². The van der Waals surface area contributed by atoms with Crippen LogP contribution in [0.1, 0.15) is 43.1 Å². The molecule has 3 aromatic heterocycles. The summed E-state index contributed by atoms with van der Waals surface area (Å²) in [6, 6.07) is 3.74. The molecule has 1 amide bonds. The number of rotatable bonds is 6. The summed E-state index contributed by atoms with van der Waals surface area (Å²) in [5.41, 5.74) is 4.75. The van der Waals surface area contributed by atoms with E-state index >= 15 is 0 Å². The topological polar surface area (TPSA) is 81.9 Å². The molecule has 3 aromatic rings. The summed E-state index contributed by atoms with van der Waals surface area (Å²) in [4.78, 5) is 21.1. The average molecular weight is 367 g/mol. The lowest BCUT2D eigenvalue weighted by Crippen LogP contribution is -2.13. The molecule has 0 radical (unpaired) electrons. The Morgan fingerprint density at radius 3 is 2.67 bits per heavy atom. The molecule has 7 heteroatoms. The molecule has 0 saturated heterocycles. The Balaban J connectivity index is 1.73. The minimum absolute atomic E-state index is 0.0567. The minimum Gasteiger partial charge on any atom is -0.481 e. The zero-order valence-corrected chi connectivity index (χ0v) is 16.4. The standard InChI is InChI=1S/C20H25N5O2/c1-12(2)25-20-17(11-22-25)13(3)16(14(4)23-20)7-8-18(26)24-15-6-9-19(27-5)21-10-15/h6,9-12H,7-8H2,1-5H3,(H,24,26). The maximum absolute atomic E-state index is 12.3. The SMILES string of the molecule is COc1ccc(NC(=O)CCc2c(C)nc3c(cnn3C(C)C)c2C)cn1. The highest BCUT2D eigenvalue weighted by molar-refractivity contribution is 5.91. The number of pyridine rings is 2. The first-order valence-corrected chi connectivity index (χ1v) is 9.04. The number of carbonyl (C=O) groups excluding carboxylic acids is 1. The number of aromatic nitrogens is 4. The lowest BCUT2D eigenvalue weighted by Gasteiger charge is -2.12. The number of anilines is 1. The number of nitrogens with zero attached hydrogens (tertiary/aromatic N) is 4. The molecule has 0 aliphatic heterocycles. The second-order valence-corrected chi connectivity index (χ2v) is 6.86. The number of aryl methyl sites for hydroxylation is 2. The second-order valence-electron chi connectivity index (χ2n) is 6.86. The summed E-state index contributed by atoms with van der Waals surface area (Å²) in [6.45, 7) is 8.24. The molecule has 27 heavy (non-hydrogen) atoms. The predicted molar refractivity (Wildman–Crippen MR) is 105 cm³/mol. The van der Waals surface area contributed by atoms with Crippen LogP contribution in [0.2, 0.25) is 0 Å². The third kappa shape index (κ3) is 3.92. The van der Waals surface area contributed by atoms with Gasteiger partial charge in [0.2, 0.25) is 11.8 Å². The number of hydrogen-bond donors (Lipinski definition) is 1. The van der Waals surface area contributed by atoms with E-state index < -0.39 is 0 Å². The van der Waals surface area contributed by atoms with Crippen molar-refractivity contribution in [3.8, 4) is 5.88 Å². The van der Waals surface area contributed by atoms with E-state index in [-0.39, 0.29) is 11.9 Å². The molecule has 0 unspecified atom stereocenters. The fourth-order valence-corrected chi connectivity index (χ4v) is 3.18. The predicted octanol–water partition coefficient (Wildman–Crippen LogP) is 3.60. The van der Waals surface area contributed by atoms with E-state index in [0.29, 0.717) is 24.4 Å². The molecule has 0 aliphatic carbocycles. The molecule has 0 spiro atoms. The number of amides is 1. The lowest BCUT2D eigenvalue weighted by molar-refractivity contribution is -0.116. The van der Waals surface area contributed by atoms with Gasteiger partial charge in [-0.3, -0.25) is 4.79 Å². The summed E-state index contributed by atoms with van der Waals surface area (Å²) >= 11 is 0. The van der Waals surface area contributed by atoms with Crippen LogP contribution in [-0.4, -0.2) is 32.8 Å². The number of hydrogen-bond acceptors (Lipinski definition) is 5. The first-order chi connectivity index (χ1) is 12.9. The Labute approximate surface area is 158 Å². The highest BCUT2D eigenvalue weighted by Gasteiger charge is 2.15. The van der Waals surface area contributed by atoms with Crippen LogP contribution in [0.3, 0.4) is 0 Å². The van der Waals surface area contributed by atoms with Gasteiger partial charge in [-0.2, -0.15) is 5.10 Å². The van der Waals surface area contributed by atoms with Crippen molar-refractivity contribution >= 4 is 22.6 Å². The van der Waals surface area contributed by atoms with Crippen LogP contribution in [0, 0.1) is 13.8 Å². The van der Waals surface area contributed by atoms with Gasteiger partial charge in [-0.15, -0.1) is 0 Å². The molecule has 0 aliphatic rings. The molecule has 0 saturated carbocycles. The van der Waals surface area contributed by atoms with E-state index in [4.69, 9.17) is 9.72 Å². The van der Waals surface area contributed by atoms with Gasteiger partial charge in [-0.25, -0.2) is 14.6 Å². The fourth-order valence-electron chi connectivity index (χ4n) is 3.18. The second kappa shape index (κ2) is 7.73. The number of nitrogens with one attached hydrogen (secondary N) is 1. The van der Waals surface area contributed by atoms with Crippen molar-refractivity contribution in [2.24, 2.45) is 0 Å². The Morgan fingerprint density at radius 2 is 2.04 bits per heavy atom. The van der Waals surface area contributed by atoms with Crippen LogP contribution in [0.25, 0.3) is 11.0 Å². The van der Waals surface area contributed by atoms with Gasteiger partial charge in [0, 0.05) is 29.6 Å². The van der Waals surface area contributed by atoms with Crippen LogP contribution in [0.5, 0.6) is 5.88 Å². The lowest BCUT2D eigenvalue weighted by atomic mass is 10.0. The van der Waals surface area contributed by atoms with Gasteiger partial charge in [0.1, 0.15) is 0 Å². The number of carbonyl (C=O) groups is 1. The molecule has 0 atom stereocenters. The van der Waals surface area contributed by atoms with E-state index in [2.05, 4.69) is 36.2 Å². The van der Waals surface area contributed by atoms with Gasteiger partial charge < -0.3 is 10.1 Å². The van der Waals surface area contributed by atoms with Crippen molar-refractivity contribution in [1.29, 1.82) is 0 Å². The van der Waals surface area contributed by atoms with E-state index in [0.717, 1.165) is 27.9 Å². The van der Waals surface area contributed by atoms with E-state index in [1.165, 1.54) is 0 Å². The summed E-state index contributed by atoms with van der Waals surface area (Å²) in [7, 11) is 1.56. The largest absolute Gasteiger partial charge is 0.481 e. The highest BCUT2D eigenvalue weighted by Crippen LogP contribution is 2.25. The van der Waals surface area contributed by atoms with E-state index in [1.54, 1.807) is 25.4 Å². The number of methoxy groups -OCH3 is 1. The zero-order chi connectivity index (χ0) is 19.6. The van der Waals surface area contributed by atoms with Crippen LogP contribution in [0.4, 0.5) is 5.69 Å². The van der Waals surface area contributed by atoms with Crippen LogP contribution < -0.4 is 10.1 Å². The van der Waals surface area contributed by atoms with Gasteiger partial charge in [-0.05, 0) is 51.3 Å². The molecule has 142 valence electrons. The Morgan fingerprint density at radius 1 is 1.26 bits per heavy atom. The quantitative estimate of drug-likeness (QED) is 0.720. The summed E-state index contributed by atoms with van der Waals surface area (Å²) in [6.07, 6.45) is 4.45. The normalized spacial score (nSPS) is 11.2. The summed E-state index contributed by atoms with van der Waals surface area (Å²) in [5.74, 6) is 0.458. The molecule has 3 heterocycles. The Hall–Kier alpha value is -2.96. The van der Waals surface area contributed by atoms with Crippen molar-refractivity contribution in [2.45, 2.75) is 46.6 Å². The molecule has 0 bridgehead atoms. The van der Waals surface area contributed by atoms with Gasteiger partial charge in [0.05, 0.1) is 25.2 Å². The Kier molecular flexibility index (Phi) is 5.39.